The van der Waals surface area contributed by atoms with E-state index in [1.165, 1.54) is 0 Å². The molecular formula is C17H27ClN2O. The van der Waals surface area contributed by atoms with E-state index in [9.17, 15) is 4.79 Å². The number of nitrogens with two attached hydrogens (primary N) is 1. The highest BCUT2D eigenvalue weighted by atomic mass is 35.5. The van der Waals surface area contributed by atoms with Gasteiger partial charge in [0.2, 0.25) is 5.91 Å². The first-order valence-corrected chi connectivity index (χ1v) is 7.90. The zero-order valence-corrected chi connectivity index (χ0v) is 14.2. The Labute approximate surface area is 133 Å². The lowest BCUT2D eigenvalue weighted by molar-refractivity contribution is -0.126. The average molecular weight is 311 g/mol. The van der Waals surface area contributed by atoms with Crippen LogP contribution in [0.3, 0.4) is 0 Å². The zero-order chi connectivity index (χ0) is 16.0. The molecule has 21 heavy (non-hydrogen) atoms. The molecule has 0 aliphatic rings. The summed E-state index contributed by atoms with van der Waals surface area (Å²) in [6.07, 6.45) is 1.60. The van der Waals surface area contributed by atoms with Crippen LogP contribution in [0, 0.1) is 11.3 Å². The van der Waals surface area contributed by atoms with Crippen molar-refractivity contribution in [3.63, 3.8) is 0 Å². The van der Waals surface area contributed by atoms with E-state index in [-0.39, 0.29) is 23.3 Å². The lowest BCUT2D eigenvalue weighted by Crippen LogP contribution is -2.39. The van der Waals surface area contributed by atoms with Gasteiger partial charge in [-0.2, -0.15) is 0 Å². The number of carbonyl (C=O) groups is 1. The normalized spacial score (nSPS) is 14.6. The van der Waals surface area contributed by atoms with Crippen molar-refractivity contribution in [2.45, 2.75) is 46.6 Å². The minimum atomic E-state index is -0.154. The van der Waals surface area contributed by atoms with Gasteiger partial charge in [-0.3, -0.25) is 4.79 Å². The van der Waals surface area contributed by atoms with Gasteiger partial charge in [0.05, 0.1) is 12.0 Å². The Balaban J connectivity index is 2.78. The van der Waals surface area contributed by atoms with Crippen molar-refractivity contribution in [1.82, 2.24) is 5.32 Å². The van der Waals surface area contributed by atoms with Crippen molar-refractivity contribution < 1.29 is 4.79 Å². The van der Waals surface area contributed by atoms with Crippen molar-refractivity contribution in [3.8, 4) is 0 Å². The Morgan fingerprint density at radius 2 is 2.05 bits per heavy atom. The molecule has 0 saturated carbocycles. The maximum absolute atomic E-state index is 12.5. The number of benzene rings is 1. The smallest absolute Gasteiger partial charge is 0.224 e. The van der Waals surface area contributed by atoms with Crippen LogP contribution in [-0.2, 0) is 4.79 Å². The number of rotatable bonds is 6. The van der Waals surface area contributed by atoms with Gasteiger partial charge in [-0.05, 0) is 36.0 Å². The van der Waals surface area contributed by atoms with Gasteiger partial charge in [0, 0.05) is 11.6 Å². The van der Waals surface area contributed by atoms with E-state index in [2.05, 4.69) is 26.1 Å². The number of halogens is 1. The molecule has 0 aromatic heterocycles. The fourth-order valence-corrected chi connectivity index (χ4v) is 2.66. The molecule has 0 radical (unpaired) electrons. The number of hydrogen-bond acceptors (Lipinski definition) is 2. The predicted octanol–water partition coefficient (Wildman–Crippen LogP) is 3.92. The van der Waals surface area contributed by atoms with Crippen molar-refractivity contribution >= 4 is 17.5 Å². The van der Waals surface area contributed by atoms with Crippen molar-refractivity contribution in [2.24, 2.45) is 17.1 Å². The second-order valence-electron chi connectivity index (χ2n) is 6.72. The molecule has 0 bridgehead atoms. The Morgan fingerprint density at radius 1 is 1.38 bits per heavy atom. The molecule has 118 valence electrons. The first-order chi connectivity index (χ1) is 9.76. The average Bonchev–Trinajstić information content (AvgIpc) is 2.40. The molecule has 4 heteroatoms. The van der Waals surface area contributed by atoms with E-state index in [0.29, 0.717) is 11.6 Å². The third-order valence-electron chi connectivity index (χ3n) is 3.49. The molecule has 1 aromatic rings. The third kappa shape index (κ3) is 6.06. The van der Waals surface area contributed by atoms with E-state index >= 15 is 0 Å². The molecule has 1 amide bonds. The van der Waals surface area contributed by atoms with Crippen LogP contribution < -0.4 is 11.1 Å². The van der Waals surface area contributed by atoms with Crippen LogP contribution in [0.15, 0.2) is 24.3 Å². The van der Waals surface area contributed by atoms with Gasteiger partial charge in [0.25, 0.3) is 0 Å². The van der Waals surface area contributed by atoms with Crippen LogP contribution in [0.4, 0.5) is 0 Å². The summed E-state index contributed by atoms with van der Waals surface area (Å²) in [4.78, 5) is 12.5. The molecule has 0 fully saturated rings. The molecule has 3 N–H and O–H groups in total. The lowest BCUT2D eigenvalue weighted by atomic mass is 9.84. The van der Waals surface area contributed by atoms with Gasteiger partial charge in [-0.15, -0.1) is 0 Å². The fourth-order valence-electron chi connectivity index (χ4n) is 2.46. The van der Waals surface area contributed by atoms with Gasteiger partial charge in [0.15, 0.2) is 0 Å². The molecule has 1 aromatic carbocycles. The second kappa shape index (κ2) is 7.81. The summed E-state index contributed by atoms with van der Waals surface area (Å²) in [5.41, 5.74) is 6.89. The minimum absolute atomic E-state index is 0.0229. The number of hydrogen-bond donors (Lipinski definition) is 2. The van der Waals surface area contributed by atoms with Crippen LogP contribution in [0.25, 0.3) is 0 Å². The van der Waals surface area contributed by atoms with Gasteiger partial charge in [-0.1, -0.05) is 51.4 Å². The molecule has 1 rings (SSSR count). The monoisotopic (exact) mass is 310 g/mol. The molecule has 0 aliphatic heterocycles. The van der Waals surface area contributed by atoms with E-state index < -0.39 is 0 Å². The predicted molar refractivity (Wildman–Crippen MR) is 89.2 cm³/mol. The van der Waals surface area contributed by atoms with Crippen molar-refractivity contribution in [2.75, 3.05) is 6.54 Å². The Bertz CT molecular complexity index is 468. The second-order valence-corrected chi connectivity index (χ2v) is 7.16. The zero-order valence-electron chi connectivity index (χ0n) is 13.4. The standard InChI is InChI=1S/C17H27ClN2O/c1-5-15(12-7-6-8-14(18)9-12)20-16(21)13(11-19)10-17(2,3)4/h6-9,13,15H,5,10-11,19H2,1-4H3,(H,20,21). The third-order valence-corrected chi connectivity index (χ3v) is 3.72. The molecule has 2 atom stereocenters. The summed E-state index contributed by atoms with van der Waals surface area (Å²) in [7, 11) is 0. The van der Waals surface area contributed by atoms with Gasteiger partial charge in [-0.25, -0.2) is 0 Å². The molecule has 0 spiro atoms. The van der Waals surface area contributed by atoms with Crippen LogP contribution in [0.1, 0.15) is 52.1 Å². The SMILES string of the molecule is CCC(NC(=O)C(CN)CC(C)(C)C)c1cccc(Cl)c1. The highest BCUT2D eigenvalue weighted by Gasteiger charge is 2.25. The summed E-state index contributed by atoms with van der Waals surface area (Å²) < 4.78 is 0. The van der Waals surface area contributed by atoms with E-state index in [4.69, 9.17) is 17.3 Å². The van der Waals surface area contributed by atoms with E-state index in [1.807, 2.05) is 31.2 Å². The lowest BCUT2D eigenvalue weighted by Gasteiger charge is -2.26. The maximum Gasteiger partial charge on any atom is 0.224 e. The van der Waals surface area contributed by atoms with E-state index in [0.717, 1.165) is 18.4 Å². The minimum Gasteiger partial charge on any atom is -0.349 e. The topological polar surface area (TPSA) is 55.1 Å². The molecule has 0 aliphatic carbocycles. The summed E-state index contributed by atoms with van der Waals surface area (Å²) in [6, 6.07) is 7.60. The van der Waals surface area contributed by atoms with Crippen molar-refractivity contribution in [3.05, 3.63) is 34.9 Å². The maximum atomic E-state index is 12.5. The summed E-state index contributed by atoms with van der Waals surface area (Å²) in [5.74, 6) is -0.127. The van der Waals surface area contributed by atoms with Gasteiger partial charge >= 0.3 is 0 Å². The van der Waals surface area contributed by atoms with Crippen LogP contribution >= 0.6 is 11.6 Å². The van der Waals surface area contributed by atoms with Crippen LogP contribution in [0.2, 0.25) is 5.02 Å². The molecule has 0 saturated heterocycles. The highest BCUT2D eigenvalue weighted by molar-refractivity contribution is 6.30. The van der Waals surface area contributed by atoms with Crippen molar-refractivity contribution in [1.29, 1.82) is 0 Å². The summed E-state index contributed by atoms with van der Waals surface area (Å²) >= 11 is 6.03. The van der Waals surface area contributed by atoms with Gasteiger partial charge < -0.3 is 11.1 Å². The quantitative estimate of drug-likeness (QED) is 0.836. The van der Waals surface area contributed by atoms with Crippen LogP contribution in [-0.4, -0.2) is 12.5 Å². The molecule has 2 unspecified atom stereocenters. The number of carbonyl (C=O) groups excluding carboxylic acids is 1. The van der Waals surface area contributed by atoms with Crippen LogP contribution in [0.5, 0.6) is 0 Å². The first-order valence-electron chi connectivity index (χ1n) is 7.52. The van der Waals surface area contributed by atoms with Gasteiger partial charge in [0.1, 0.15) is 0 Å². The first kappa shape index (κ1) is 18.0. The summed E-state index contributed by atoms with van der Waals surface area (Å²) in [5, 5.41) is 3.79. The highest BCUT2D eigenvalue weighted by Crippen LogP contribution is 2.26. The van der Waals surface area contributed by atoms with E-state index in [1.54, 1.807) is 0 Å². The molecule has 0 heterocycles. The molecule has 3 nitrogen and oxygen atoms in total. The number of amides is 1. The fraction of sp³-hybridized carbons (Fsp3) is 0.588. The molecular weight excluding hydrogens is 284 g/mol. The largest absolute Gasteiger partial charge is 0.349 e. The Hall–Kier alpha value is -1.06. The number of nitrogens with one attached hydrogen (secondary N) is 1. The Kier molecular flexibility index (Phi) is 6.69. The Morgan fingerprint density at radius 3 is 2.52 bits per heavy atom. The summed E-state index contributed by atoms with van der Waals surface area (Å²) in [6.45, 7) is 8.79.